The molecule has 1 unspecified atom stereocenters. The summed E-state index contributed by atoms with van der Waals surface area (Å²) in [6, 6.07) is 3.79. The van der Waals surface area contributed by atoms with Gasteiger partial charge in [0, 0.05) is 25.6 Å². The zero-order valence-electron chi connectivity index (χ0n) is 16.2. The van der Waals surface area contributed by atoms with E-state index in [1.807, 2.05) is 6.92 Å². The summed E-state index contributed by atoms with van der Waals surface area (Å²) in [6.07, 6.45) is -1.34. The number of alkyl halides is 3. The first-order valence-corrected chi connectivity index (χ1v) is 10.9. The molecule has 1 fully saturated rings. The predicted octanol–water partition coefficient (Wildman–Crippen LogP) is 2.24. The fourth-order valence-corrected chi connectivity index (χ4v) is 4.16. The van der Waals surface area contributed by atoms with Crippen LogP contribution in [-0.4, -0.2) is 57.8 Å². The second kappa shape index (κ2) is 10.3. The molecule has 1 atom stereocenters. The number of hydrogen-bond acceptors (Lipinski definition) is 5. The molecule has 1 saturated heterocycles. The Morgan fingerprint density at radius 1 is 1.17 bits per heavy atom. The summed E-state index contributed by atoms with van der Waals surface area (Å²) < 4.78 is 66.8. The molecular weight excluding hydrogens is 411 g/mol. The normalized spacial score (nSPS) is 17.0. The molecule has 0 bridgehead atoms. The highest BCUT2D eigenvalue weighted by Gasteiger charge is 2.31. The number of carbonyl (C=O) groups is 1. The first-order chi connectivity index (χ1) is 13.5. The second-order valence-electron chi connectivity index (χ2n) is 7.00. The van der Waals surface area contributed by atoms with Gasteiger partial charge in [-0.1, -0.05) is 6.42 Å². The van der Waals surface area contributed by atoms with Crippen molar-refractivity contribution in [3.8, 4) is 5.75 Å². The van der Waals surface area contributed by atoms with Gasteiger partial charge in [-0.05, 0) is 57.1 Å². The fourth-order valence-electron chi connectivity index (χ4n) is 3.12. The zero-order chi connectivity index (χ0) is 21.5. The van der Waals surface area contributed by atoms with E-state index in [1.54, 1.807) is 0 Å². The Balaban J connectivity index is 1.75. The number of nitrogens with zero attached hydrogens (tertiary/aromatic N) is 1. The third kappa shape index (κ3) is 8.58. The molecule has 2 rings (SSSR count). The van der Waals surface area contributed by atoms with Crippen LogP contribution in [0, 0.1) is 0 Å². The van der Waals surface area contributed by atoms with Crippen LogP contribution in [0.5, 0.6) is 5.75 Å². The molecule has 1 heterocycles. The van der Waals surface area contributed by atoms with Crippen LogP contribution in [0.15, 0.2) is 29.2 Å². The van der Waals surface area contributed by atoms with Crippen molar-refractivity contribution in [2.75, 3.05) is 26.2 Å². The lowest BCUT2D eigenvalue weighted by Gasteiger charge is -2.29. The van der Waals surface area contributed by atoms with Crippen molar-refractivity contribution in [2.24, 2.45) is 0 Å². The second-order valence-corrected chi connectivity index (χ2v) is 8.76. The zero-order valence-corrected chi connectivity index (χ0v) is 17.0. The number of nitrogens with one attached hydrogen (secondary N) is 2. The summed E-state index contributed by atoms with van der Waals surface area (Å²) in [6.45, 7) is 4.58. The molecule has 1 aromatic carbocycles. The molecule has 11 heteroatoms. The third-order valence-corrected chi connectivity index (χ3v) is 5.88. The van der Waals surface area contributed by atoms with Crippen molar-refractivity contribution in [1.82, 2.24) is 14.9 Å². The van der Waals surface area contributed by atoms with Gasteiger partial charge in [0.05, 0.1) is 4.90 Å². The number of likely N-dealkylation sites (tertiary alicyclic amines) is 1. The molecule has 0 radical (unpaired) electrons. The maximum absolute atomic E-state index is 12.2. The summed E-state index contributed by atoms with van der Waals surface area (Å²) in [5.41, 5.74) is 0. The molecule has 29 heavy (non-hydrogen) atoms. The van der Waals surface area contributed by atoms with Gasteiger partial charge in [0.15, 0.2) is 0 Å². The van der Waals surface area contributed by atoms with Crippen molar-refractivity contribution >= 4 is 15.9 Å². The number of rotatable bonds is 9. The third-order valence-electron chi connectivity index (χ3n) is 4.40. The van der Waals surface area contributed by atoms with Gasteiger partial charge >= 0.3 is 6.36 Å². The Hall–Kier alpha value is -1.85. The van der Waals surface area contributed by atoms with Crippen molar-refractivity contribution in [1.29, 1.82) is 0 Å². The van der Waals surface area contributed by atoms with Crippen molar-refractivity contribution in [3.63, 3.8) is 0 Å². The van der Waals surface area contributed by atoms with E-state index in [1.165, 1.54) is 6.42 Å². The van der Waals surface area contributed by atoms with Crippen LogP contribution < -0.4 is 14.8 Å². The number of hydrogen-bond donors (Lipinski definition) is 2. The molecule has 1 amide bonds. The topological polar surface area (TPSA) is 87.7 Å². The number of halogens is 3. The van der Waals surface area contributed by atoms with Gasteiger partial charge in [0.1, 0.15) is 5.75 Å². The number of benzene rings is 1. The Kier molecular flexibility index (Phi) is 8.29. The fraction of sp³-hybridized carbons (Fsp3) is 0.611. The van der Waals surface area contributed by atoms with E-state index in [-0.39, 0.29) is 29.8 Å². The first kappa shape index (κ1) is 23.4. The maximum atomic E-state index is 12.2. The van der Waals surface area contributed by atoms with Crippen LogP contribution in [0.2, 0.25) is 0 Å². The van der Waals surface area contributed by atoms with Crippen LogP contribution in [0.3, 0.4) is 0 Å². The molecule has 164 valence electrons. The molecule has 0 spiro atoms. The highest BCUT2D eigenvalue weighted by molar-refractivity contribution is 7.89. The monoisotopic (exact) mass is 437 g/mol. The lowest BCUT2D eigenvalue weighted by molar-refractivity contribution is -0.274. The van der Waals surface area contributed by atoms with Gasteiger partial charge in [-0.2, -0.15) is 0 Å². The number of carbonyl (C=O) groups excluding carboxylic acids is 1. The minimum Gasteiger partial charge on any atom is -0.406 e. The molecular formula is C18H26F3N3O4S. The lowest BCUT2D eigenvalue weighted by Crippen LogP contribution is -2.44. The van der Waals surface area contributed by atoms with Crippen LogP contribution in [0.25, 0.3) is 0 Å². The quantitative estimate of drug-likeness (QED) is 0.619. The van der Waals surface area contributed by atoms with E-state index < -0.39 is 22.1 Å². The van der Waals surface area contributed by atoms with Crippen LogP contribution >= 0.6 is 0 Å². The minimum atomic E-state index is -4.85. The van der Waals surface area contributed by atoms with E-state index in [9.17, 15) is 26.4 Å². The summed E-state index contributed by atoms with van der Waals surface area (Å²) in [4.78, 5) is 14.1. The Morgan fingerprint density at radius 3 is 2.38 bits per heavy atom. The lowest BCUT2D eigenvalue weighted by atomic mass is 10.1. The van der Waals surface area contributed by atoms with Crippen molar-refractivity contribution in [2.45, 2.75) is 49.9 Å². The Bertz CT molecular complexity index is 764. The molecule has 2 N–H and O–H groups in total. The summed E-state index contributed by atoms with van der Waals surface area (Å²) >= 11 is 0. The molecule has 0 aromatic heterocycles. The van der Waals surface area contributed by atoms with Gasteiger partial charge < -0.3 is 15.0 Å². The van der Waals surface area contributed by atoms with Gasteiger partial charge in [-0.15, -0.1) is 13.2 Å². The molecule has 1 aromatic rings. The van der Waals surface area contributed by atoms with Crippen LogP contribution in [0.1, 0.15) is 32.6 Å². The van der Waals surface area contributed by atoms with Gasteiger partial charge in [-0.25, -0.2) is 13.1 Å². The molecule has 1 aliphatic rings. The van der Waals surface area contributed by atoms with Crippen molar-refractivity contribution < 1.29 is 31.1 Å². The summed E-state index contributed by atoms with van der Waals surface area (Å²) in [5.74, 6) is -0.787. The highest BCUT2D eigenvalue weighted by Crippen LogP contribution is 2.23. The van der Waals surface area contributed by atoms with E-state index in [4.69, 9.17) is 0 Å². The number of piperidine rings is 1. The smallest absolute Gasteiger partial charge is 0.406 e. The van der Waals surface area contributed by atoms with E-state index in [0.29, 0.717) is 0 Å². The molecule has 0 aliphatic carbocycles. The number of sulfonamides is 1. The minimum absolute atomic E-state index is 0.0428. The number of ether oxygens (including phenoxy) is 1. The Labute approximate surface area is 168 Å². The standard InChI is InChI=1S/C18H26F3N3O4S/c1-14(13-24-11-3-2-4-12-24)23-17(25)9-10-22-29(26,27)16-7-5-15(6-8-16)28-18(19,20)21/h5-8,14,22H,2-4,9-13H2,1H3,(H,23,25). The van der Waals surface area contributed by atoms with Crippen molar-refractivity contribution in [3.05, 3.63) is 24.3 Å². The maximum Gasteiger partial charge on any atom is 0.573 e. The highest BCUT2D eigenvalue weighted by atomic mass is 32.2. The predicted molar refractivity (Wildman–Crippen MR) is 101 cm³/mol. The number of amides is 1. The van der Waals surface area contributed by atoms with Crippen LogP contribution in [-0.2, 0) is 14.8 Å². The first-order valence-electron chi connectivity index (χ1n) is 9.42. The Morgan fingerprint density at radius 2 is 1.79 bits per heavy atom. The summed E-state index contributed by atoms with van der Waals surface area (Å²) in [7, 11) is -3.94. The van der Waals surface area contributed by atoms with Crippen LogP contribution in [0.4, 0.5) is 13.2 Å². The largest absolute Gasteiger partial charge is 0.573 e. The SMILES string of the molecule is CC(CN1CCCCC1)NC(=O)CCNS(=O)(=O)c1ccc(OC(F)(F)F)cc1. The average Bonchev–Trinajstić information content (AvgIpc) is 2.61. The van der Waals surface area contributed by atoms with E-state index in [0.717, 1.165) is 56.7 Å². The van der Waals surface area contributed by atoms with Gasteiger partial charge in [-0.3, -0.25) is 4.79 Å². The van der Waals surface area contributed by atoms with Gasteiger partial charge in [0.2, 0.25) is 15.9 Å². The average molecular weight is 437 g/mol. The van der Waals surface area contributed by atoms with E-state index in [2.05, 4.69) is 19.7 Å². The van der Waals surface area contributed by atoms with E-state index >= 15 is 0 Å². The molecule has 1 aliphatic heterocycles. The summed E-state index contributed by atoms with van der Waals surface area (Å²) in [5, 5.41) is 2.84. The molecule has 0 saturated carbocycles. The van der Waals surface area contributed by atoms with Gasteiger partial charge in [0.25, 0.3) is 0 Å². The molecule has 7 nitrogen and oxygen atoms in total.